The molecule has 0 aromatic carbocycles. The summed E-state index contributed by atoms with van der Waals surface area (Å²) in [6.07, 6.45) is 14.6. The van der Waals surface area contributed by atoms with Crippen molar-refractivity contribution in [3.63, 3.8) is 0 Å². The van der Waals surface area contributed by atoms with Crippen molar-refractivity contribution < 1.29 is 31.6 Å². The van der Waals surface area contributed by atoms with Crippen LogP contribution < -0.4 is 17.0 Å². The van der Waals surface area contributed by atoms with Gasteiger partial charge in [0.05, 0.1) is 24.6 Å². The maximum Gasteiger partial charge on any atom is 2.00 e. The minimum absolute atomic E-state index is 0. The first-order chi connectivity index (χ1) is 13.6. The van der Waals surface area contributed by atoms with E-state index in [2.05, 4.69) is 30.5 Å². The number of ether oxygens (including phenoxy) is 1. The Morgan fingerprint density at radius 2 is 1.83 bits per heavy atom. The molecule has 0 aliphatic heterocycles. The number of allylic oxidation sites excluding steroid dienone is 1. The molecule has 1 aromatic heterocycles. The van der Waals surface area contributed by atoms with Gasteiger partial charge in [-0.05, 0) is 37.5 Å². The van der Waals surface area contributed by atoms with Crippen LogP contribution in [0.25, 0.3) is 6.08 Å². The maximum atomic E-state index is 11.0. The molecular formula is C24H40BrMgNO3. The van der Waals surface area contributed by atoms with E-state index in [0.717, 1.165) is 56.3 Å². The van der Waals surface area contributed by atoms with E-state index in [9.17, 15) is 9.90 Å². The third-order valence-corrected chi connectivity index (χ3v) is 4.34. The van der Waals surface area contributed by atoms with Gasteiger partial charge in [-0.25, -0.2) is 0 Å². The van der Waals surface area contributed by atoms with Crippen LogP contribution in [0.4, 0.5) is 0 Å². The normalized spacial score (nSPS) is 11.0. The number of unbranched alkanes of at least 4 members (excludes halogenated alkanes) is 6. The summed E-state index contributed by atoms with van der Waals surface area (Å²) in [4.78, 5) is 15.5. The second-order valence-electron chi connectivity index (χ2n) is 6.93. The Balaban J connectivity index is -0.000000799. The molecule has 0 aliphatic rings. The van der Waals surface area contributed by atoms with Gasteiger partial charge in [-0.15, -0.1) is 0 Å². The molecule has 1 heterocycles. The van der Waals surface area contributed by atoms with E-state index >= 15 is 0 Å². The van der Waals surface area contributed by atoms with Crippen LogP contribution in [0.5, 0.6) is 0 Å². The van der Waals surface area contributed by atoms with Gasteiger partial charge < -0.3 is 33.7 Å². The zero-order chi connectivity index (χ0) is 21.0. The molecule has 30 heavy (non-hydrogen) atoms. The van der Waals surface area contributed by atoms with Crippen LogP contribution in [-0.4, -0.2) is 46.2 Å². The SMILES string of the molecule is CCCCCC(O)c1cccc(/C=C\CCCC(=O)OC)n1.[Br-].[CH2-]CCCCC.[Mg+2]. The summed E-state index contributed by atoms with van der Waals surface area (Å²) in [6.45, 7) is 8.08. The molecule has 0 amide bonds. The van der Waals surface area contributed by atoms with Gasteiger partial charge in [-0.1, -0.05) is 64.5 Å². The molecular weight excluding hydrogens is 454 g/mol. The largest absolute Gasteiger partial charge is 2.00 e. The predicted octanol–water partition coefficient (Wildman–Crippen LogP) is 3.08. The van der Waals surface area contributed by atoms with Crippen molar-refractivity contribution >= 4 is 35.1 Å². The van der Waals surface area contributed by atoms with E-state index in [1.54, 1.807) is 0 Å². The quantitative estimate of drug-likeness (QED) is 0.198. The molecule has 0 aliphatic carbocycles. The van der Waals surface area contributed by atoms with Crippen molar-refractivity contribution in [1.29, 1.82) is 0 Å². The fourth-order valence-corrected chi connectivity index (χ4v) is 2.58. The minimum atomic E-state index is -0.487. The molecule has 0 saturated heterocycles. The molecule has 0 fully saturated rings. The summed E-state index contributed by atoms with van der Waals surface area (Å²) in [5.74, 6) is -0.177. The first-order valence-electron chi connectivity index (χ1n) is 10.8. The molecule has 0 saturated carbocycles. The van der Waals surface area contributed by atoms with Crippen LogP contribution >= 0.6 is 0 Å². The molecule has 4 nitrogen and oxygen atoms in total. The van der Waals surface area contributed by atoms with Gasteiger partial charge in [-0.3, -0.25) is 9.78 Å². The monoisotopic (exact) mass is 493 g/mol. The minimum Gasteiger partial charge on any atom is -1.00 e. The topological polar surface area (TPSA) is 59.4 Å². The van der Waals surface area contributed by atoms with Gasteiger partial charge in [0, 0.05) is 6.42 Å². The van der Waals surface area contributed by atoms with Gasteiger partial charge in [0.1, 0.15) is 0 Å². The fraction of sp³-hybridized carbons (Fsp3) is 0.625. The average molecular weight is 495 g/mol. The first-order valence-corrected chi connectivity index (χ1v) is 10.8. The molecule has 0 radical (unpaired) electrons. The smallest absolute Gasteiger partial charge is 1.00 e. The van der Waals surface area contributed by atoms with Crippen LogP contribution in [0.3, 0.4) is 0 Å². The van der Waals surface area contributed by atoms with Gasteiger partial charge in [0.2, 0.25) is 0 Å². The van der Waals surface area contributed by atoms with Crippen LogP contribution in [-0.2, 0) is 9.53 Å². The Morgan fingerprint density at radius 3 is 2.40 bits per heavy atom. The molecule has 1 aromatic rings. The Labute approximate surface area is 211 Å². The van der Waals surface area contributed by atoms with Crippen molar-refractivity contribution in [3.8, 4) is 0 Å². The summed E-state index contributed by atoms with van der Waals surface area (Å²) in [6, 6.07) is 5.70. The van der Waals surface area contributed by atoms with Crippen molar-refractivity contribution in [1.82, 2.24) is 4.98 Å². The Bertz CT molecular complexity index is 537. The number of halogens is 1. The second kappa shape index (κ2) is 24.8. The second-order valence-corrected chi connectivity index (χ2v) is 6.93. The zero-order valence-electron chi connectivity index (χ0n) is 19.2. The standard InChI is InChI=1S/C18H27NO3.C6H13.BrH.Mg/c1-3-4-6-13-17(20)16-12-9-11-15(19-16)10-7-5-8-14-18(21)22-2;1-3-5-6-4-2;;/h7,9-12,17,20H,3-6,8,13-14H2,1-2H3;1,3-6H2,2H3;1H;/q;-1;;+2/p-1/b10-7-;;;. The number of aromatic nitrogens is 1. The summed E-state index contributed by atoms with van der Waals surface area (Å²) in [7, 11) is 1.40. The number of aliphatic hydroxyl groups is 1. The van der Waals surface area contributed by atoms with Crippen LogP contribution in [0.15, 0.2) is 24.3 Å². The number of nitrogens with zero attached hydrogens (tertiary/aromatic N) is 1. The number of hydrogen-bond acceptors (Lipinski definition) is 4. The number of carbonyl (C=O) groups is 1. The van der Waals surface area contributed by atoms with Crippen LogP contribution in [0, 0.1) is 6.92 Å². The van der Waals surface area contributed by atoms with Crippen molar-refractivity contribution in [3.05, 3.63) is 42.6 Å². The Morgan fingerprint density at radius 1 is 1.17 bits per heavy atom. The molecule has 0 bridgehead atoms. The number of carbonyl (C=O) groups excluding carboxylic acids is 1. The zero-order valence-corrected chi connectivity index (χ0v) is 22.2. The molecule has 1 unspecified atom stereocenters. The molecule has 1 N–H and O–H groups in total. The van der Waals surface area contributed by atoms with Gasteiger partial charge in [-0.2, -0.15) is 6.42 Å². The van der Waals surface area contributed by atoms with Crippen LogP contribution in [0.1, 0.15) is 102 Å². The van der Waals surface area contributed by atoms with E-state index < -0.39 is 6.10 Å². The van der Waals surface area contributed by atoms with E-state index in [1.165, 1.54) is 26.4 Å². The summed E-state index contributed by atoms with van der Waals surface area (Å²) in [5, 5.41) is 10.1. The number of esters is 1. The predicted molar refractivity (Wildman–Crippen MR) is 123 cm³/mol. The third kappa shape index (κ3) is 19.5. The first kappa shape index (κ1) is 34.2. The van der Waals surface area contributed by atoms with Gasteiger partial charge >= 0.3 is 29.0 Å². The van der Waals surface area contributed by atoms with Crippen molar-refractivity contribution in [2.45, 2.75) is 90.6 Å². The third-order valence-electron chi connectivity index (χ3n) is 4.34. The summed E-state index contributed by atoms with van der Waals surface area (Å²) in [5.41, 5.74) is 1.57. The van der Waals surface area contributed by atoms with E-state index in [0.29, 0.717) is 6.42 Å². The van der Waals surface area contributed by atoms with Crippen molar-refractivity contribution in [2.75, 3.05) is 7.11 Å². The van der Waals surface area contributed by atoms with Crippen molar-refractivity contribution in [2.24, 2.45) is 0 Å². The number of pyridine rings is 1. The number of methoxy groups -OCH3 is 1. The Hall–Kier alpha value is -0.434. The van der Waals surface area contributed by atoms with E-state index in [-0.39, 0.29) is 46.0 Å². The van der Waals surface area contributed by atoms with E-state index in [4.69, 9.17) is 0 Å². The van der Waals surface area contributed by atoms with Crippen LogP contribution in [0.2, 0.25) is 0 Å². The maximum absolute atomic E-state index is 11.0. The molecule has 1 rings (SSSR count). The fourth-order valence-electron chi connectivity index (χ4n) is 2.58. The Kier molecular flexibility index (Phi) is 28.3. The number of rotatable bonds is 13. The van der Waals surface area contributed by atoms with Gasteiger partial charge in [0.15, 0.2) is 0 Å². The molecule has 0 spiro atoms. The molecule has 1 atom stereocenters. The molecule has 168 valence electrons. The number of aliphatic hydroxyl groups excluding tert-OH is 1. The number of hydrogen-bond donors (Lipinski definition) is 1. The van der Waals surface area contributed by atoms with E-state index in [1.807, 2.05) is 30.4 Å². The summed E-state index contributed by atoms with van der Waals surface area (Å²) < 4.78 is 4.59. The average Bonchev–Trinajstić information content (AvgIpc) is 2.72. The summed E-state index contributed by atoms with van der Waals surface area (Å²) >= 11 is 0. The molecule has 6 heteroatoms. The van der Waals surface area contributed by atoms with Gasteiger partial charge in [0.25, 0.3) is 0 Å².